The van der Waals surface area contributed by atoms with Gasteiger partial charge in [0.1, 0.15) is 11.5 Å². The van der Waals surface area contributed by atoms with Crippen molar-refractivity contribution in [3.05, 3.63) is 48.7 Å². The van der Waals surface area contributed by atoms with Crippen molar-refractivity contribution in [3.8, 4) is 11.5 Å². The molecule has 1 N–H and O–H groups in total. The Bertz CT molecular complexity index is 806. The van der Waals surface area contributed by atoms with E-state index in [4.69, 9.17) is 4.42 Å². The van der Waals surface area contributed by atoms with Gasteiger partial charge >= 0.3 is 0 Å². The van der Waals surface area contributed by atoms with Crippen LogP contribution >= 0.6 is 0 Å². The number of hydrogen-bond donors (Lipinski definition) is 1. The van der Waals surface area contributed by atoms with E-state index in [0.717, 1.165) is 18.9 Å². The highest BCUT2D eigenvalue weighted by atomic mass is 16.3. The summed E-state index contributed by atoms with van der Waals surface area (Å²) >= 11 is 0. The number of amides is 1. The maximum atomic E-state index is 12.6. The van der Waals surface area contributed by atoms with Crippen LogP contribution in [0, 0.1) is 0 Å². The van der Waals surface area contributed by atoms with Crippen molar-refractivity contribution in [2.75, 3.05) is 31.1 Å². The Morgan fingerprint density at radius 2 is 2.08 bits per heavy atom. The molecule has 8 heteroatoms. The fraction of sp³-hybridized carbons (Fsp3) is 0.250. The van der Waals surface area contributed by atoms with Crippen LogP contribution < -0.4 is 4.90 Å². The van der Waals surface area contributed by atoms with Crippen molar-refractivity contribution in [2.45, 2.75) is 0 Å². The number of furan rings is 1. The lowest BCUT2D eigenvalue weighted by Gasteiger charge is -2.34. The number of piperazine rings is 1. The third-order valence-corrected chi connectivity index (χ3v) is 4.02. The Morgan fingerprint density at radius 1 is 1.21 bits per heavy atom. The summed E-state index contributed by atoms with van der Waals surface area (Å²) in [6.45, 7) is 2.69. The van der Waals surface area contributed by atoms with Gasteiger partial charge in [0.25, 0.3) is 5.91 Å². The van der Waals surface area contributed by atoms with Gasteiger partial charge in [0.05, 0.1) is 12.5 Å². The molecular formula is C16H16N6O2. The molecule has 3 aromatic heterocycles. The lowest BCUT2D eigenvalue weighted by Crippen LogP contribution is -2.49. The summed E-state index contributed by atoms with van der Waals surface area (Å²) in [6.07, 6.45) is 6.65. The standard InChI is InChI=1S/C16H16N6O2/c23-16(13-10-12(19-20-13)14-2-1-9-24-14)22-7-5-21(6-8-22)15-11-17-3-4-18-15/h1-4,9-11H,5-8H2,(H,19,20). The monoisotopic (exact) mass is 324 g/mol. The second-order valence-electron chi connectivity index (χ2n) is 5.49. The molecule has 0 saturated carbocycles. The van der Waals surface area contributed by atoms with Crippen LogP contribution in [0.5, 0.6) is 0 Å². The van der Waals surface area contributed by atoms with E-state index >= 15 is 0 Å². The highest BCUT2D eigenvalue weighted by Crippen LogP contribution is 2.19. The number of rotatable bonds is 3. The lowest BCUT2D eigenvalue weighted by atomic mass is 10.2. The van der Waals surface area contributed by atoms with Gasteiger partial charge in [-0.3, -0.25) is 14.9 Å². The molecule has 4 rings (SSSR count). The largest absolute Gasteiger partial charge is 0.463 e. The molecule has 0 aromatic carbocycles. The van der Waals surface area contributed by atoms with Crippen LogP contribution in [0.2, 0.25) is 0 Å². The fourth-order valence-electron chi connectivity index (χ4n) is 2.74. The SMILES string of the molecule is O=C(c1cc(-c2ccco2)[nH]n1)N1CCN(c2cnccn2)CC1. The number of aromatic amines is 1. The summed E-state index contributed by atoms with van der Waals surface area (Å²) in [7, 11) is 0. The molecule has 1 fully saturated rings. The predicted octanol–water partition coefficient (Wildman–Crippen LogP) is 1.42. The molecule has 1 saturated heterocycles. The first-order valence-corrected chi connectivity index (χ1v) is 7.71. The van der Waals surface area contributed by atoms with Gasteiger partial charge in [0, 0.05) is 44.6 Å². The van der Waals surface area contributed by atoms with Crippen molar-refractivity contribution in [1.29, 1.82) is 0 Å². The summed E-state index contributed by atoms with van der Waals surface area (Å²) in [5.74, 6) is 1.42. The van der Waals surface area contributed by atoms with Gasteiger partial charge in [-0.2, -0.15) is 5.10 Å². The normalized spacial score (nSPS) is 14.8. The van der Waals surface area contributed by atoms with Crippen molar-refractivity contribution in [3.63, 3.8) is 0 Å². The minimum absolute atomic E-state index is 0.0807. The average Bonchev–Trinajstić information content (AvgIpc) is 3.33. The number of nitrogens with one attached hydrogen (secondary N) is 1. The van der Waals surface area contributed by atoms with E-state index in [1.54, 1.807) is 41.9 Å². The summed E-state index contributed by atoms with van der Waals surface area (Å²) in [5.41, 5.74) is 1.09. The van der Waals surface area contributed by atoms with Gasteiger partial charge in [0.15, 0.2) is 11.5 Å². The minimum atomic E-state index is -0.0807. The quantitative estimate of drug-likeness (QED) is 0.783. The second kappa shape index (κ2) is 6.15. The lowest BCUT2D eigenvalue weighted by molar-refractivity contribution is 0.0740. The van der Waals surface area contributed by atoms with Crippen LogP contribution in [-0.4, -0.2) is 57.2 Å². The summed E-state index contributed by atoms with van der Waals surface area (Å²) in [6, 6.07) is 5.33. The minimum Gasteiger partial charge on any atom is -0.463 e. The van der Waals surface area contributed by atoms with E-state index in [1.165, 1.54) is 0 Å². The molecule has 0 spiro atoms. The Hall–Kier alpha value is -3.16. The molecule has 8 nitrogen and oxygen atoms in total. The van der Waals surface area contributed by atoms with Crippen LogP contribution in [0.15, 0.2) is 47.5 Å². The van der Waals surface area contributed by atoms with Crippen LogP contribution in [0.3, 0.4) is 0 Å². The summed E-state index contributed by atoms with van der Waals surface area (Å²) < 4.78 is 5.31. The van der Waals surface area contributed by atoms with Gasteiger partial charge in [0.2, 0.25) is 0 Å². The number of carbonyl (C=O) groups excluding carboxylic acids is 1. The molecular weight excluding hydrogens is 308 g/mol. The number of H-pyrrole nitrogens is 1. The zero-order valence-electron chi connectivity index (χ0n) is 12.9. The maximum Gasteiger partial charge on any atom is 0.274 e. The van der Waals surface area contributed by atoms with Crippen molar-refractivity contribution in [1.82, 2.24) is 25.1 Å². The van der Waals surface area contributed by atoms with Crippen LogP contribution in [0.4, 0.5) is 5.82 Å². The van der Waals surface area contributed by atoms with Crippen molar-refractivity contribution in [2.24, 2.45) is 0 Å². The molecule has 1 amide bonds. The van der Waals surface area contributed by atoms with Gasteiger partial charge in [-0.25, -0.2) is 4.98 Å². The van der Waals surface area contributed by atoms with Gasteiger partial charge < -0.3 is 14.2 Å². The number of hydrogen-bond acceptors (Lipinski definition) is 6. The third-order valence-electron chi connectivity index (χ3n) is 4.02. The first-order chi connectivity index (χ1) is 11.8. The molecule has 3 aromatic rings. The zero-order chi connectivity index (χ0) is 16.4. The van der Waals surface area contributed by atoms with E-state index in [0.29, 0.717) is 30.2 Å². The van der Waals surface area contributed by atoms with E-state index < -0.39 is 0 Å². The average molecular weight is 324 g/mol. The third kappa shape index (κ3) is 2.73. The first-order valence-electron chi connectivity index (χ1n) is 7.71. The maximum absolute atomic E-state index is 12.6. The topological polar surface area (TPSA) is 91.2 Å². The van der Waals surface area contributed by atoms with Gasteiger partial charge in [-0.1, -0.05) is 0 Å². The van der Waals surface area contributed by atoms with Gasteiger partial charge in [-0.05, 0) is 12.1 Å². The summed E-state index contributed by atoms with van der Waals surface area (Å²) in [5, 5.41) is 6.96. The molecule has 1 aliphatic rings. The molecule has 0 atom stereocenters. The van der Waals surface area contributed by atoms with Crippen LogP contribution in [0.25, 0.3) is 11.5 Å². The smallest absolute Gasteiger partial charge is 0.274 e. The van der Waals surface area contributed by atoms with E-state index in [9.17, 15) is 4.79 Å². The zero-order valence-corrected chi connectivity index (χ0v) is 12.9. The molecule has 0 radical (unpaired) electrons. The predicted molar refractivity (Wildman–Crippen MR) is 86.4 cm³/mol. The van der Waals surface area contributed by atoms with Crippen molar-refractivity contribution < 1.29 is 9.21 Å². The van der Waals surface area contributed by atoms with E-state index in [1.807, 2.05) is 6.07 Å². The second-order valence-corrected chi connectivity index (χ2v) is 5.49. The number of aromatic nitrogens is 4. The molecule has 0 unspecified atom stereocenters. The number of carbonyl (C=O) groups is 1. The van der Waals surface area contributed by atoms with Crippen molar-refractivity contribution >= 4 is 11.7 Å². The Labute approximate surface area is 138 Å². The highest BCUT2D eigenvalue weighted by Gasteiger charge is 2.24. The fourth-order valence-corrected chi connectivity index (χ4v) is 2.74. The molecule has 24 heavy (non-hydrogen) atoms. The molecule has 0 bridgehead atoms. The van der Waals surface area contributed by atoms with E-state index in [2.05, 4.69) is 25.1 Å². The number of nitrogens with zero attached hydrogens (tertiary/aromatic N) is 5. The highest BCUT2D eigenvalue weighted by molar-refractivity contribution is 5.93. The van der Waals surface area contributed by atoms with E-state index in [-0.39, 0.29) is 5.91 Å². The van der Waals surface area contributed by atoms with Gasteiger partial charge in [-0.15, -0.1) is 0 Å². The first kappa shape index (κ1) is 14.4. The molecule has 1 aliphatic heterocycles. The van der Waals surface area contributed by atoms with Crippen LogP contribution in [-0.2, 0) is 0 Å². The Morgan fingerprint density at radius 3 is 2.79 bits per heavy atom. The molecule has 4 heterocycles. The molecule has 122 valence electrons. The Kier molecular flexibility index (Phi) is 3.70. The molecule has 0 aliphatic carbocycles. The Balaban J connectivity index is 1.41. The number of anilines is 1. The van der Waals surface area contributed by atoms with Crippen LogP contribution in [0.1, 0.15) is 10.5 Å². The summed E-state index contributed by atoms with van der Waals surface area (Å²) in [4.78, 5) is 24.9.